The number of hydrogen-bond donors (Lipinski definition) is 0. The van der Waals surface area contributed by atoms with E-state index in [2.05, 4.69) is 27.7 Å². The van der Waals surface area contributed by atoms with Gasteiger partial charge in [-0.05, 0) is 25.2 Å². The molecule has 0 heterocycles. The summed E-state index contributed by atoms with van der Waals surface area (Å²) in [4.78, 5) is 37.9. The minimum Gasteiger partial charge on any atom is -0.462 e. The fourth-order valence-corrected chi connectivity index (χ4v) is 7.86. The molecule has 0 saturated carbocycles. The quantitative estimate of drug-likeness (QED) is 0.0346. The molecule has 344 valence electrons. The third kappa shape index (κ3) is 45.5. The van der Waals surface area contributed by atoms with Gasteiger partial charge in [0.05, 0.1) is 0 Å². The van der Waals surface area contributed by atoms with Crippen LogP contribution in [0.1, 0.15) is 291 Å². The largest absolute Gasteiger partial charge is 0.462 e. The van der Waals surface area contributed by atoms with Gasteiger partial charge in [-0.25, -0.2) is 0 Å². The standard InChI is InChI=1S/C52H100O6/c1-5-7-9-11-13-15-16-17-18-21-24-28-31-35-39-43-50(53)56-46-49(58-52(55)45-41-37-33-26-14-12-10-8-6-2)47-57-51(54)44-40-36-32-29-25-22-19-20-23-27-30-34-38-42-48(3)4/h48-49H,5-47H2,1-4H3/t49-/m1/s1. The topological polar surface area (TPSA) is 78.9 Å². The Hall–Kier alpha value is -1.59. The molecule has 0 unspecified atom stereocenters. The van der Waals surface area contributed by atoms with Crippen LogP contribution in [0.3, 0.4) is 0 Å². The Morgan fingerprint density at radius 3 is 0.845 bits per heavy atom. The predicted molar refractivity (Wildman–Crippen MR) is 247 cm³/mol. The molecule has 0 aliphatic heterocycles. The van der Waals surface area contributed by atoms with E-state index in [1.807, 2.05) is 0 Å². The van der Waals surface area contributed by atoms with Crippen LogP contribution in [-0.4, -0.2) is 37.2 Å². The molecule has 0 aliphatic rings. The van der Waals surface area contributed by atoms with Gasteiger partial charge in [0.15, 0.2) is 6.10 Å². The van der Waals surface area contributed by atoms with Crippen LogP contribution < -0.4 is 0 Å². The molecule has 0 N–H and O–H groups in total. The highest BCUT2D eigenvalue weighted by atomic mass is 16.6. The summed E-state index contributed by atoms with van der Waals surface area (Å²) in [5.74, 6) is -0.00692. The van der Waals surface area contributed by atoms with Crippen molar-refractivity contribution in [3.8, 4) is 0 Å². The van der Waals surface area contributed by atoms with E-state index >= 15 is 0 Å². The van der Waals surface area contributed by atoms with Crippen LogP contribution in [-0.2, 0) is 28.6 Å². The summed E-state index contributed by atoms with van der Waals surface area (Å²) < 4.78 is 16.8. The second-order valence-corrected chi connectivity index (χ2v) is 18.3. The first-order valence-corrected chi connectivity index (χ1v) is 25.9. The van der Waals surface area contributed by atoms with Crippen LogP contribution >= 0.6 is 0 Å². The van der Waals surface area contributed by atoms with E-state index < -0.39 is 6.10 Å². The Morgan fingerprint density at radius 1 is 0.328 bits per heavy atom. The van der Waals surface area contributed by atoms with E-state index in [1.54, 1.807) is 0 Å². The average molecular weight is 821 g/mol. The summed E-state index contributed by atoms with van der Waals surface area (Å²) in [5.41, 5.74) is 0. The first-order chi connectivity index (χ1) is 28.4. The maximum Gasteiger partial charge on any atom is 0.306 e. The monoisotopic (exact) mass is 821 g/mol. The second-order valence-electron chi connectivity index (χ2n) is 18.3. The Morgan fingerprint density at radius 2 is 0.569 bits per heavy atom. The molecule has 0 bridgehead atoms. The number of carbonyl (C=O) groups is 3. The molecule has 0 aliphatic carbocycles. The lowest BCUT2D eigenvalue weighted by Crippen LogP contribution is -2.30. The van der Waals surface area contributed by atoms with Crippen molar-refractivity contribution >= 4 is 17.9 Å². The smallest absolute Gasteiger partial charge is 0.306 e. The minimum absolute atomic E-state index is 0.0628. The van der Waals surface area contributed by atoms with Gasteiger partial charge in [0.25, 0.3) is 0 Å². The Kier molecular flexibility index (Phi) is 45.2. The van der Waals surface area contributed by atoms with Crippen LogP contribution in [0.4, 0.5) is 0 Å². The molecule has 0 aromatic carbocycles. The van der Waals surface area contributed by atoms with E-state index in [-0.39, 0.29) is 31.1 Å². The fourth-order valence-electron chi connectivity index (χ4n) is 7.86. The third-order valence-electron chi connectivity index (χ3n) is 11.8. The molecule has 0 saturated heterocycles. The van der Waals surface area contributed by atoms with Crippen LogP contribution in [0.15, 0.2) is 0 Å². The van der Waals surface area contributed by atoms with Crippen molar-refractivity contribution in [3.63, 3.8) is 0 Å². The Labute approximate surface area is 361 Å². The van der Waals surface area contributed by atoms with Crippen LogP contribution in [0.2, 0.25) is 0 Å². The van der Waals surface area contributed by atoms with Gasteiger partial charge in [0.1, 0.15) is 13.2 Å². The summed E-state index contributed by atoms with van der Waals surface area (Å²) in [7, 11) is 0. The fraction of sp³-hybridized carbons (Fsp3) is 0.942. The number of rotatable bonds is 47. The van der Waals surface area contributed by atoms with Gasteiger partial charge in [-0.1, -0.05) is 252 Å². The highest BCUT2D eigenvalue weighted by Crippen LogP contribution is 2.17. The van der Waals surface area contributed by atoms with Crippen molar-refractivity contribution in [1.82, 2.24) is 0 Å². The van der Waals surface area contributed by atoms with Crippen LogP contribution in [0.5, 0.6) is 0 Å². The molecule has 0 radical (unpaired) electrons. The van der Waals surface area contributed by atoms with Crippen molar-refractivity contribution in [1.29, 1.82) is 0 Å². The van der Waals surface area contributed by atoms with Gasteiger partial charge in [0.2, 0.25) is 0 Å². The zero-order valence-corrected chi connectivity index (χ0v) is 39.5. The molecule has 0 amide bonds. The first kappa shape index (κ1) is 56.4. The van der Waals surface area contributed by atoms with Crippen molar-refractivity contribution in [2.75, 3.05) is 13.2 Å². The van der Waals surface area contributed by atoms with Gasteiger partial charge in [0, 0.05) is 19.3 Å². The SMILES string of the molecule is CCCCCCCCCCCCCCCCCC(=O)OC[C@H](COC(=O)CCCCCCCCCCCCCCCC(C)C)OC(=O)CCCCCCCCCCC. The number of ether oxygens (including phenoxy) is 3. The van der Waals surface area contributed by atoms with Gasteiger partial charge >= 0.3 is 17.9 Å². The lowest BCUT2D eigenvalue weighted by Gasteiger charge is -2.18. The lowest BCUT2D eigenvalue weighted by atomic mass is 10.0. The van der Waals surface area contributed by atoms with E-state index in [0.717, 1.165) is 63.7 Å². The van der Waals surface area contributed by atoms with Gasteiger partial charge < -0.3 is 14.2 Å². The molecule has 0 rings (SSSR count). The third-order valence-corrected chi connectivity index (χ3v) is 11.8. The van der Waals surface area contributed by atoms with Crippen molar-refractivity contribution < 1.29 is 28.6 Å². The van der Waals surface area contributed by atoms with Gasteiger partial charge in [-0.2, -0.15) is 0 Å². The molecule has 6 nitrogen and oxygen atoms in total. The molecule has 0 spiro atoms. The van der Waals surface area contributed by atoms with E-state index in [0.29, 0.717) is 19.3 Å². The molecular formula is C52H100O6. The van der Waals surface area contributed by atoms with Crippen LogP contribution in [0.25, 0.3) is 0 Å². The van der Waals surface area contributed by atoms with Crippen LogP contribution in [0, 0.1) is 5.92 Å². The summed E-state index contributed by atoms with van der Waals surface area (Å²) in [6, 6.07) is 0. The second kappa shape index (κ2) is 46.5. The molecule has 58 heavy (non-hydrogen) atoms. The Bertz CT molecular complexity index is 872. The normalized spacial score (nSPS) is 11.9. The summed E-state index contributed by atoms with van der Waals surface area (Å²) in [6.07, 6.45) is 48.0. The van der Waals surface area contributed by atoms with Crippen molar-refractivity contribution in [2.24, 2.45) is 5.92 Å². The number of hydrogen-bond acceptors (Lipinski definition) is 6. The van der Waals surface area contributed by atoms with Crippen molar-refractivity contribution in [2.45, 2.75) is 297 Å². The van der Waals surface area contributed by atoms with Crippen molar-refractivity contribution in [3.05, 3.63) is 0 Å². The lowest BCUT2D eigenvalue weighted by molar-refractivity contribution is -0.167. The zero-order valence-electron chi connectivity index (χ0n) is 39.5. The first-order valence-electron chi connectivity index (χ1n) is 25.9. The predicted octanol–water partition coefficient (Wildman–Crippen LogP) is 16.7. The van der Waals surface area contributed by atoms with Gasteiger partial charge in [-0.15, -0.1) is 0 Å². The molecule has 0 aromatic rings. The highest BCUT2D eigenvalue weighted by molar-refractivity contribution is 5.71. The average Bonchev–Trinajstić information content (AvgIpc) is 3.21. The highest BCUT2D eigenvalue weighted by Gasteiger charge is 2.19. The molecule has 0 fully saturated rings. The van der Waals surface area contributed by atoms with E-state index in [1.165, 1.54) is 186 Å². The maximum absolute atomic E-state index is 12.7. The summed E-state index contributed by atoms with van der Waals surface area (Å²) >= 11 is 0. The molecule has 1 atom stereocenters. The number of carbonyl (C=O) groups excluding carboxylic acids is 3. The molecular weight excluding hydrogens is 721 g/mol. The maximum atomic E-state index is 12.7. The summed E-state index contributed by atoms with van der Waals surface area (Å²) in [5, 5.41) is 0. The minimum atomic E-state index is -0.759. The molecule has 6 heteroatoms. The summed E-state index contributed by atoms with van der Waals surface area (Å²) in [6.45, 7) is 9.02. The number of esters is 3. The number of unbranched alkanes of at least 4 members (excludes halogenated alkanes) is 34. The van der Waals surface area contributed by atoms with Gasteiger partial charge in [-0.3, -0.25) is 14.4 Å². The molecule has 0 aromatic heterocycles. The Balaban J connectivity index is 4.23. The van der Waals surface area contributed by atoms with E-state index in [4.69, 9.17) is 14.2 Å². The zero-order chi connectivity index (χ0) is 42.4. The van der Waals surface area contributed by atoms with E-state index in [9.17, 15) is 14.4 Å².